The maximum absolute atomic E-state index is 7.43. The summed E-state index contributed by atoms with van der Waals surface area (Å²) in [6.07, 6.45) is 1.80. The molecule has 0 aromatic carbocycles. The fourth-order valence-electron chi connectivity index (χ4n) is 1.26. The lowest BCUT2D eigenvalue weighted by molar-refractivity contribution is -0.0354. The van der Waals surface area contributed by atoms with Crippen LogP contribution in [0.15, 0.2) is 0 Å². The first-order valence-electron chi connectivity index (χ1n) is 6.21. The maximum Gasteiger partial charge on any atom is 0.0963 e. The van der Waals surface area contributed by atoms with E-state index in [4.69, 9.17) is 20.6 Å². The monoisotopic (exact) mass is 244 g/mol. The molecule has 0 amide bonds. The van der Waals surface area contributed by atoms with Crippen LogP contribution in [0.4, 0.5) is 0 Å². The van der Waals surface area contributed by atoms with E-state index in [0.717, 1.165) is 12.8 Å². The van der Waals surface area contributed by atoms with Crippen LogP contribution in [0.1, 0.15) is 47.5 Å². The molecule has 0 aliphatic rings. The van der Waals surface area contributed by atoms with Crippen molar-refractivity contribution in [1.29, 1.82) is 5.41 Å². The Balaban J connectivity index is 3.45. The molecule has 0 rings (SSSR count). The number of nitrogens with one attached hydrogen (secondary N) is 1. The molecule has 0 aliphatic carbocycles. The number of rotatable bonds is 8. The second kappa shape index (κ2) is 6.97. The van der Waals surface area contributed by atoms with Crippen LogP contribution in [0.2, 0.25) is 0 Å². The van der Waals surface area contributed by atoms with Gasteiger partial charge in [0.05, 0.1) is 24.7 Å². The zero-order valence-electron chi connectivity index (χ0n) is 11.9. The predicted molar refractivity (Wildman–Crippen MR) is 71.5 cm³/mol. The van der Waals surface area contributed by atoms with Gasteiger partial charge in [-0.3, -0.25) is 5.41 Å². The molecule has 0 bridgehead atoms. The summed E-state index contributed by atoms with van der Waals surface area (Å²) in [7, 11) is 0. The molecule has 102 valence electrons. The molecule has 0 radical (unpaired) electrons. The summed E-state index contributed by atoms with van der Waals surface area (Å²) in [5.41, 5.74) is 5.19. The van der Waals surface area contributed by atoms with Crippen LogP contribution in [0, 0.1) is 10.8 Å². The van der Waals surface area contributed by atoms with Gasteiger partial charge in [-0.25, -0.2) is 0 Å². The average Bonchev–Trinajstić information content (AvgIpc) is 2.14. The standard InChI is InChI=1S/C13H28N2O2/c1-12(2,3)17-10-9-16-8-6-7-13(4,5)11(14)15/h6-10H2,1-5H3,(H3,14,15). The lowest BCUT2D eigenvalue weighted by Gasteiger charge is -2.22. The molecule has 0 heterocycles. The summed E-state index contributed by atoms with van der Waals surface area (Å²) < 4.78 is 11.0. The van der Waals surface area contributed by atoms with Gasteiger partial charge >= 0.3 is 0 Å². The van der Waals surface area contributed by atoms with Gasteiger partial charge in [0.25, 0.3) is 0 Å². The van der Waals surface area contributed by atoms with E-state index >= 15 is 0 Å². The summed E-state index contributed by atoms with van der Waals surface area (Å²) in [6.45, 7) is 12.0. The number of nitrogens with two attached hydrogens (primary N) is 1. The van der Waals surface area contributed by atoms with Crippen molar-refractivity contribution in [3.8, 4) is 0 Å². The molecule has 0 atom stereocenters. The Labute approximate surface area is 105 Å². The zero-order valence-corrected chi connectivity index (χ0v) is 11.9. The topological polar surface area (TPSA) is 68.3 Å². The molecule has 0 spiro atoms. The first-order valence-corrected chi connectivity index (χ1v) is 6.21. The highest BCUT2D eigenvalue weighted by molar-refractivity contribution is 5.82. The molecule has 0 aliphatic heterocycles. The molecule has 4 heteroatoms. The Bertz CT molecular complexity index is 232. The maximum atomic E-state index is 7.43. The number of amidine groups is 1. The van der Waals surface area contributed by atoms with E-state index < -0.39 is 0 Å². The van der Waals surface area contributed by atoms with Crippen LogP contribution >= 0.6 is 0 Å². The minimum Gasteiger partial charge on any atom is -0.387 e. The third kappa shape index (κ3) is 9.12. The van der Waals surface area contributed by atoms with Crippen LogP contribution in [0.25, 0.3) is 0 Å². The van der Waals surface area contributed by atoms with Gasteiger partial charge < -0.3 is 15.2 Å². The molecule has 3 N–H and O–H groups in total. The SMILES string of the molecule is CC(C)(C)OCCOCCCC(C)(C)C(=N)N. The highest BCUT2D eigenvalue weighted by Crippen LogP contribution is 2.21. The predicted octanol–water partition coefficient (Wildman–Crippen LogP) is 2.56. The van der Waals surface area contributed by atoms with E-state index in [1.165, 1.54) is 0 Å². The van der Waals surface area contributed by atoms with Gasteiger partial charge in [-0.1, -0.05) is 13.8 Å². The van der Waals surface area contributed by atoms with E-state index in [1.54, 1.807) is 0 Å². The van der Waals surface area contributed by atoms with Crippen molar-refractivity contribution in [3.05, 3.63) is 0 Å². The third-order valence-corrected chi connectivity index (χ3v) is 2.58. The van der Waals surface area contributed by atoms with Crippen LogP contribution in [0.5, 0.6) is 0 Å². The lowest BCUT2D eigenvalue weighted by atomic mass is 9.87. The van der Waals surface area contributed by atoms with Crippen molar-refractivity contribution in [2.75, 3.05) is 19.8 Å². The van der Waals surface area contributed by atoms with Crippen LogP contribution < -0.4 is 5.73 Å². The second-order valence-electron chi connectivity index (χ2n) is 5.97. The van der Waals surface area contributed by atoms with Crippen LogP contribution in [-0.2, 0) is 9.47 Å². The first-order chi connectivity index (χ1) is 7.65. The van der Waals surface area contributed by atoms with Crippen LogP contribution in [0.3, 0.4) is 0 Å². The highest BCUT2D eigenvalue weighted by atomic mass is 16.5. The van der Waals surface area contributed by atoms with E-state index in [1.807, 2.05) is 34.6 Å². The molecule has 0 fully saturated rings. The molecule has 0 saturated carbocycles. The highest BCUT2D eigenvalue weighted by Gasteiger charge is 2.20. The van der Waals surface area contributed by atoms with Gasteiger partial charge in [0.1, 0.15) is 0 Å². The van der Waals surface area contributed by atoms with E-state index in [2.05, 4.69) is 0 Å². The largest absolute Gasteiger partial charge is 0.387 e. The fraction of sp³-hybridized carbons (Fsp3) is 0.923. The first kappa shape index (κ1) is 16.4. The molecule has 0 saturated heterocycles. The van der Waals surface area contributed by atoms with Crippen molar-refractivity contribution >= 4 is 5.84 Å². The van der Waals surface area contributed by atoms with Gasteiger partial charge in [0.2, 0.25) is 0 Å². The van der Waals surface area contributed by atoms with Crippen molar-refractivity contribution in [2.45, 2.75) is 53.1 Å². The third-order valence-electron chi connectivity index (χ3n) is 2.58. The Morgan fingerprint density at radius 3 is 2.12 bits per heavy atom. The Hall–Kier alpha value is -0.610. The Morgan fingerprint density at radius 1 is 1.06 bits per heavy atom. The Morgan fingerprint density at radius 2 is 1.65 bits per heavy atom. The molecular weight excluding hydrogens is 216 g/mol. The Kier molecular flexibility index (Phi) is 6.72. The van der Waals surface area contributed by atoms with E-state index in [9.17, 15) is 0 Å². The van der Waals surface area contributed by atoms with Gasteiger partial charge in [-0.2, -0.15) is 0 Å². The number of hydrogen-bond donors (Lipinski definition) is 2. The second-order valence-corrected chi connectivity index (χ2v) is 5.97. The van der Waals surface area contributed by atoms with Crippen molar-refractivity contribution in [2.24, 2.45) is 11.1 Å². The molecule has 0 aromatic rings. The molecule has 0 aromatic heterocycles. The summed E-state index contributed by atoms with van der Waals surface area (Å²) >= 11 is 0. The van der Waals surface area contributed by atoms with Gasteiger partial charge in [-0.05, 0) is 33.6 Å². The smallest absolute Gasteiger partial charge is 0.0963 e. The molecule has 17 heavy (non-hydrogen) atoms. The zero-order chi connectivity index (χ0) is 13.5. The van der Waals surface area contributed by atoms with Gasteiger partial charge in [-0.15, -0.1) is 0 Å². The average molecular weight is 244 g/mol. The van der Waals surface area contributed by atoms with Crippen molar-refractivity contribution in [3.63, 3.8) is 0 Å². The minimum absolute atomic E-state index is 0.0972. The normalized spacial score (nSPS) is 12.8. The van der Waals surface area contributed by atoms with Gasteiger partial charge in [0, 0.05) is 12.0 Å². The van der Waals surface area contributed by atoms with E-state index in [-0.39, 0.29) is 16.9 Å². The minimum atomic E-state index is -0.217. The summed E-state index contributed by atoms with van der Waals surface area (Å²) in [4.78, 5) is 0. The molecular formula is C13H28N2O2. The van der Waals surface area contributed by atoms with E-state index in [0.29, 0.717) is 19.8 Å². The number of ether oxygens (including phenoxy) is 2. The quantitative estimate of drug-likeness (QED) is 0.392. The summed E-state index contributed by atoms with van der Waals surface area (Å²) in [6, 6.07) is 0. The van der Waals surface area contributed by atoms with Crippen molar-refractivity contribution < 1.29 is 9.47 Å². The number of hydrogen-bond acceptors (Lipinski definition) is 3. The molecule has 4 nitrogen and oxygen atoms in total. The summed E-state index contributed by atoms with van der Waals surface area (Å²) in [5.74, 6) is 0.244. The lowest BCUT2D eigenvalue weighted by Crippen LogP contribution is -2.31. The summed E-state index contributed by atoms with van der Waals surface area (Å²) in [5, 5.41) is 7.43. The van der Waals surface area contributed by atoms with Crippen molar-refractivity contribution in [1.82, 2.24) is 0 Å². The fourth-order valence-corrected chi connectivity index (χ4v) is 1.26. The molecule has 0 unspecified atom stereocenters. The van der Waals surface area contributed by atoms with Crippen LogP contribution in [-0.4, -0.2) is 31.3 Å². The van der Waals surface area contributed by atoms with Gasteiger partial charge in [0.15, 0.2) is 0 Å².